The van der Waals surface area contributed by atoms with Crippen molar-refractivity contribution in [3.8, 4) is 0 Å². The van der Waals surface area contributed by atoms with Crippen molar-refractivity contribution in [3.05, 3.63) is 34.3 Å². The highest BCUT2D eigenvalue weighted by molar-refractivity contribution is 6.30. The highest BCUT2D eigenvalue weighted by Gasteiger charge is 2.37. The number of fused-ring (bicyclic) bond motifs is 1. The van der Waals surface area contributed by atoms with Gasteiger partial charge in [0.05, 0.1) is 13.7 Å². The molecule has 0 spiro atoms. The van der Waals surface area contributed by atoms with E-state index in [-0.39, 0.29) is 0 Å². The number of amides is 1. The Morgan fingerprint density at radius 2 is 1.95 bits per heavy atom. The molecule has 0 aliphatic carbocycles. The molecule has 1 aromatic rings. The highest BCUT2D eigenvalue weighted by Crippen LogP contribution is 2.28. The molecule has 1 aliphatic heterocycles. The van der Waals surface area contributed by atoms with Crippen LogP contribution in [0.3, 0.4) is 0 Å². The minimum Gasteiger partial charge on any atom is -0.467 e. The van der Waals surface area contributed by atoms with Gasteiger partial charge in [-0.1, -0.05) is 17.7 Å². The monoisotopic (exact) mass is 325 g/mol. The van der Waals surface area contributed by atoms with E-state index in [1.54, 1.807) is 26.8 Å². The van der Waals surface area contributed by atoms with Gasteiger partial charge in [-0.05, 0) is 44.0 Å². The fourth-order valence-electron chi connectivity index (χ4n) is 2.41. The lowest BCUT2D eigenvalue weighted by molar-refractivity contribution is -0.147. The minimum atomic E-state index is -0.703. The molecule has 1 heterocycles. The topological polar surface area (TPSA) is 55.8 Å². The molecular weight excluding hydrogens is 306 g/mol. The Hall–Kier alpha value is -1.75. The number of carbonyl (C=O) groups is 2. The van der Waals surface area contributed by atoms with Gasteiger partial charge in [0.2, 0.25) is 0 Å². The normalized spacial score (nSPS) is 17.7. The second-order valence-electron chi connectivity index (χ2n) is 6.26. The van der Waals surface area contributed by atoms with E-state index in [1.165, 1.54) is 12.0 Å². The van der Waals surface area contributed by atoms with Crippen molar-refractivity contribution in [2.45, 2.75) is 45.4 Å². The molecule has 6 heteroatoms. The van der Waals surface area contributed by atoms with Gasteiger partial charge in [0.1, 0.15) is 11.6 Å². The van der Waals surface area contributed by atoms with Gasteiger partial charge in [-0.25, -0.2) is 9.59 Å². The predicted octanol–water partition coefficient (Wildman–Crippen LogP) is 3.17. The first-order chi connectivity index (χ1) is 10.2. The molecule has 1 atom stereocenters. The summed E-state index contributed by atoms with van der Waals surface area (Å²) >= 11 is 6.00. The molecule has 120 valence electrons. The quantitative estimate of drug-likeness (QED) is 0.744. The number of rotatable bonds is 1. The van der Waals surface area contributed by atoms with E-state index in [1.807, 2.05) is 12.1 Å². The van der Waals surface area contributed by atoms with Crippen LogP contribution in [0.5, 0.6) is 0 Å². The molecule has 1 amide bonds. The van der Waals surface area contributed by atoms with Gasteiger partial charge in [-0.15, -0.1) is 0 Å². The van der Waals surface area contributed by atoms with Crippen LogP contribution < -0.4 is 0 Å². The van der Waals surface area contributed by atoms with Gasteiger partial charge in [0.15, 0.2) is 0 Å². The SMILES string of the molecule is COC(=O)[C@H]1Cc2cc(Cl)ccc2CN1C(=O)OC(C)(C)C. The van der Waals surface area contributed by atoms with Crippen LogP contribution in [0.2, 0.25) is 5.02 Å². The molecule has 0 bridgehead atoms. The molecule has 5 nitrogen and oxygen atoms in total. The number of nitrogens with zero attached hydrogens (tertiary/aromatic N) is 1. The fourth-order valence-corrected chi connectivity index (χ4v) is 2.60. The number of ether oxygens (including phenoxy) is 2. The maximum atomic E-state index is 12.4. The second kappa shape index (κ2) is 6.16. The zero-order chi connectivity index (χ0) is 16.5. The Bertz CT molecular complexity index is 594. The van der Waals surface area contributed by atoms with Gasteiger partial charge < -0.3 is 9.47 Å². The van der Waals surface area contributed by atoms with Gasteiger partial charge in [-0.2, -0.15) is 0 Å². The Kier molecular flexibility index (Phi) is 4.66. The first kappa shape index (κ1) is 16.6. The molecule has 0 unspecified atom stereocenters. The van der Waals surface area contributed by atoms with Crippen LogP contribution in [0, 0.1) is 0 Å². The first-order valence-corrected chi connectivity index (χ1v) is 7.44. The van der Waals surface area contributed by atoms with E-state index in [4.69, 9.17) is 21.1 Å². The lowest BCUT2D eigenvalue weighted by Crippen LogP contribution is -2.50. The smallest absolute Gasteiger partial charge is 0.411 e. The van der Waals surface area contributed by atoms with E-state index in [9.17, 15) is 9.59 Å². The van der Waals surface area contributed by atoms with Crippen molar-refractivity contribution in [2.75, 3.05) is 7.11 Å². The standard InChI is InChI=1S/C16H20ClNO4/c1-16(2,3)22-15(20)18-9-10-5-6-12(17)7-11(10)8-13(18)14(19)21-4/h5-7,13H,8-9H2,1-4H3/t13-/m1/s1. The van der Waals surface area contributed by atoms with Crippen LogP contribution in [0.1, 0.15) is 31.9 Å². The summed E-state index contributed by atoms with van der Waals surface area (Å²) in [5.41, 5.74) is 1.27. The summed E-state index contributed by atoms with van der Waals surface area (Å²) in [5.74, 6) is -0.462. The van der Waals surface area contributed by atoms with Gasteiger partial charge in [0, 0.05) is 11.4 Å². The molecule has 0 N–H and O–H groups in total. The minimum absolute atomic E-state index is 0.293. The average molecular weight is 326 g/mol. The summed E-state index contributed by atoms with van der Waals surface area (Å²) in [6.07, 6.45) is -0.162. The second-order valence-corrected chi connectivity index (χ2v) is 6.70. The molecule has 22 heavy (non-hydrogen) atoms. The Labute approximate surface area is 135 Å². The largest absolute Gasteiger partial charge is 0.467 e. The molecule has 2 rings (SSSR count). The third-order valence-corrected chi connectivity index (χ3v) is 3.63. The maximum absolute atomic E-state index is 12.4. The number of benzene rings is 1. The van der Waals surface area contributed by atoms with Gasteiger partial charge >= 0.3 is 12.1 Å². The molecule has 0 saturated carbocycles. The summed E-state index contributed by atoms with van der Waals surface area (Å²) in [4.78, 5) is 25.8. The van der Waals surface area contributed by atoms with E-state index in [0.29, 0.717) is 18.0 Å². The summed E-state index contributed by atoms with van der Waals surface area (Å²) in [5, 5.41) is 0.605. The van der Waals surface area contributed by atoms with E-state index in [2.05, 4.69) is 0 Å². The Balaban J connectivity index is 2.32. The summed E-state index contributed by atoms with van der Waals surface area (Å²) in [7, 11) is 1.31. The maximum Gasteiger partial charge on any atom is 0.411 e. The number of hydrogen-bond donors (Lipinski definition) is 0. The third-order valence-electron chi connectivity index (χ3n) is 3.40. The molecule has 1 aliphatic rings. The van der Waals surface area contributed by atoms with Gasteiger partial charge in [0.25, 0.3) is 0 Å². The number of methoxy groups -OCH3 is 1. The number of carbonyl (C=O) groups excluding carboxylic acids is 2. The van der Waals surface area contributed by atoms with Crippen LogP contribution in [-0.4, -0.2) is 35.7 Å². The van der Waals surface area contributed by atoms with Crippen molar-refractivity contribution >= 4 is 23.7 Å². The molecule has 0 fully saturated rings. The predicted molar refractivity (Wildman–Crippen MR) is 82.7 cm³/mol. The van der Waals surface area contributed by atoms with Crippen LogP contribution in [-0.2, 0) is 27.2 Å². The fraction of sp³-hybridized carbons (Fsp3) is 0.500. The highest BCUT2D eigenvalue weighted by atomic mass is 35.5. The van der Waals surface area contributed by atoms with Crippen molar-refractivity contribution in [2.24, 2.45) is 0 Å². The third kappa shape index (κ3) is 3.71. The summed E-state index contributed by atoms with van der Waals surface area (Å²) in [6, 6.07) is 4.75. The van der Waals surface area contributed by atoms with E-state index < -0.39 is 23.7 Å². The number of esters is 1. The Morgan fingerprint density at radius 3 is 2.55 bits per heavy atom. The zero-order valence-electron chi connectivity index (χ0n) is 13.2. The van der Waals surface area contributed by atoms with Crippen LogP contribution in [0.15, 0.2) is 18.2 Å². The van der Waals surface area contributed by atoms with Crippen LogP contribution in [0.4, 0.5) is 4.79 Å². The molecule has 0 saturated heterocycles. The number of hydrogen-bond acceptors (Lipinski definition) is 4. The zero-order valence-corrected chi connectivity index (χ0v) is 13.9. The van der Waals surface area contributed by atoms with Crippen molar-refractivity contribution in [1.29, 1.82) is 0 Å². The average Bonchev–Trinajstić information content (AvgIpc) is 2.43. The van der Waals surface area contributed by atoms with Crippen LogP contribution in [0.25, 0.3) is 0 Å². The van der Waals surface area contributed by atoms with Crippen molar-refractivity contribution in [3.63, 3.8) is 0 Å². The van der Waals surface area contributed by atoms with Crippen molar-refractivity contribution in [1.82, 2.24) is 4.90 Å². The number of halogens is 1. The van der Waals surface area contributed by atoms with E-state index >= 15 is 0 Å². The lowest BCUT2D eigenvalue weighted by Gasteiger charge is -2.36. The first-order valence-electron chi connectivity index (χ1n) is 7.06. The molecule has 1 aromatic carbocycles. The summed E-state index contributed by atoms with van der Waals surface area (Å²) in [6.45, 7) is 5.66. The molecule has 0 aromatic heterocycles. The molecular formula is C16H20ClNO4. The van der Waals surface area contributed by atoms with Gasteiger partial charge in [-0.3, -0.25) is 4.90 Å². The summed E-state index contributed by atoms with van der Waals surface area (Å²) < 4.78 is 10.2. The van der Waals surface area contributed by atoms with Crippen molar-refractivity contribution < 1.29 is 19.1 Å². The van der Waals surface area contributed by atoms with Crippen LogP contribution >= 0.6 is 11.6 Å². The Morgan fingerprint density at radius 1 is 1.27 bits per heavy atom. The van der Waals surface area contributed by atoms with E-state index in [0.717, 1.165) is 11.1 Å². The molecule has 0 radical (unpaired) electrons. The lowest BCUT2D eigenvalue weighted by atomic mass is 9.94.